The van der Waals surface area contributed by atoms with Crippen molar-refractivity contribution < 1.29 is 9.16 Å². The quantitative estimate of drug-likeness (QED) is 0.326. The van der Waals surface area contributed by atoms with E-state index in [0.29, 0.717) is 0 Å². The van der Waals surface area contributed by atoms with Gasteiger partial charge in [0.05, 0.1) is 12.8 Å². The minimum Gasteiger partial charge on any atom is -0.541 e. The van der Waals surface area contributed by atoms with Crippen LogP contribution in [0, 0.1) is 0 Å². The number of aryl methyl sites for hydroxylation is 1. The first kappa shape index (κ1) is 24.0. The van der Waals surface area contributed by atoms with Crippen LogP contribution < -0.4 is 14.6 Å². The highest BCUT2D eigenvalue weighted by Crippen LogP contribution is 2.40. The fourth-order valence-corrected chi connectivity index (χ4v) is 3.25. The summed E-state index contributed by atoms with van der Waals surface area (Å²) in [4.78, 5) is 3.98. The van der Waals surface area contributed by atoms with Crippen molar-refractivity contribution in [3.8, 4) is 11.5 Å². The van der Waals surface area contributed by atoms with Crippen LogP contribution in [0.3, 0.4) is 0 Å². The summed E-state index contributed by atoms with van der Waals surface area (Å²) in [5.74, 6) is 1.63. The molecule has 1 aromatic heterocycles. The first-order valence-corrected chi connectivity index (χ1v) is 12.2. The Labute approximate surface area is 176 Å². The number of aromatic nitrogens is 1. The van der Waals surface area contributed by atoms with Crippen LogP contribution in [0.2, 0.25) is 18.1 Å². The Kier molecular flexibility index (Phi) is 8.98. The van der Waals surface area contributed by atoms with E-state index in [1.807, 2.05) is 24.4 Å². The first-order valence-electron chi connectivity index (χ1n) is 9.26. The van der Waals surface area contributed by atoms with E-state index in [-0.39, 0.29) is 17.4 Å². The molecule has 28 heavy (non-hydrogen) atoms. The Balaban J connectivity index is 0.00000392. The number of benzene rings is 1. The van der Waals surface area contributed by atoms with Gasteiger partial charge in [-0.3, -0.25) is 10.4 Å². The summed E-state index contributed by atoms with van der Waals surface area (Å²) in [6.07, 6.45) is 7.07. The average molecular weight is 422 g/mol. The van der Waals surface area contributed by atoms with Gasteiger partial charge in [-0.2, -0.15) is 5.10 Å². The summed E-state index contributed by atoms with van der Waals surface area (Å²) in [6, 6.07) is 9.95. The minimum atomic E-state index is -1.89. The predicted molar refractivity (Wildman–Crippen MR) is 123 cm³/mol. The summed E-state index contributed by atoms with van der Waals surface area (Å²) in [7, 11) is -0.201. The van der Waals surface area contributed by atoms with Crippen molar-refractivity contribution in [3.05, 3.63) is 48.3 Å². The lowest BCUT2D eigenvalue weighted by Crippen LogP contribution is -2.43. The number of anilines is 1. The minimum absolute atomic E-state index is 0. The molecule has 0 unspecified atom stereocenters. The fraction of sp³-hybridized carbons (Fsp3) is 0.429. The third kappa shape index (κ3) is 6.84. The van der Waals surface area contributed by atoms with Crippen LogP contribution in [0.4, 0.5) is 5.69 Å². The Morgan fingerprint density at radius 1 is 1.11 bits per heavy atom. The second-order valence-electron chi connectivity index (χ2n) is 8.05. The maximum Gasteiger partial charge on any atom is 0.250 e. The summed E-state index contributed by atoms with van der Waals surface area (Å²) < 4.78 is 12.0. The number of pyridine rings is 1. The maximum absolute atomic E-state index is 6.41. The van der Waals surface area contributed by atoms with E-state index in [1.165, 1.54) is 5.56 Å². The SMILES string of the molecule is COc1cc(CCC=NNc2ccncc2)ccc1O[Si](C)(C)C(C)(C)C.Cl. The van der Waals surface area contributed by atoms with E-state index in [9.17, 15) is 0 Å². The van der Waals surface area contributed by atoms with Crippen molar-refractivity contribution in [1.29, 1.82) is 0 Å². The molecule has 5 nitrogen and oxygen atoms in total. The number of rotatable bonds is 8. The van der Waals surface area contributed by atoms with Crippen molar-refractivity contribution in [2.45, 2.75) is 51.7 Å². The molecule has 1 aromatic carbocycles. The van der Waals surface area contributed by atoms with E-state index >= 15 is 0 Å². The van der Waals surface area contributed by atoms with Gasteiger partial charge in [0, 0.05) is 18.6 Å². The van der Waals surface area contributed by atoms with Crippen molar-refractivity contribution in [1.82, 2.24) is 4.98 Å². The third-order valence-corrected chi connectivity index (χ3v) is 9.27. The van der Waals surface area contributed by atoms with Gasteiger partial charge in [-0.05, 0) is 60.8 Å². The molecule has 0 fully saturated rings. The molecule has 2 rings (SSSR count). The van der Waals surface area contributed by atoms with E-state index in [4.69, 9.17) is 9.16 Å². The third-order valence-electron chi connectivity index (χ3n) is 4.93. The van der Waals surface area contributed by atoms with Crippen molar-refractivity contribution in [3.63, 3.8) is 0 Å². The van der Waals surface area contributed by atoms with Gasteiger partial charge in [0.2, 0.25) is 0 Å². The largest absolute Gasteiger partial charge is 0.541 e. The number of halogens is 1. The predicted octanol–water partition coefficient (Wildman–Crippen LogP) is 5.93. The topological polar surface area (TPSA) is 55.7 Å². The zero-order valence-electron chi connectivity index (χ0n) is 17.7. The lowest BCUT2D eigenvalue weighted by Gasteiger charge is -2.36. The van der Waals surface area contributed by atoms with Gasteiger partial charge in [0.15, 0.2) is 5.75 Å². The van der Waals surface area contributed by atoms with Gasteiger partial charge in [-0.25, -0.2) is 0 Å². The molecule has 1 N–H and O–H groups in total. The lowest BCUT2D eigenvalue weighted by molar-refractivity contribution is 0.385. The summed E-state index contributed by atoms with van der Waals surface area (Å²) in [5, 5.41) is 4.39. The van der Waals surface area contributed by atoms with Crippen LogP contribution in [0.1, 0.15) is 32.8 Å². The number of hydrazone groups is 1. The van der Waals surface area contributed by atoms with Crippen LogP contribution in [-0.2, 0) is 6.42 Å². The van der Waals surface area contributed by atoms with Crippen molar-refractivity contribution in [2.24, 2.45) is 5.10 Å². The Hall–Kier alpha value is -2.05. The normalized spacial score (nSPS) is 11.8. The standard InChI is InChI=1S/C21H31N3O2Si.ClH/c1-21(2,3)27(5,6)26-19-10-9-17(16-20(19)25-4)8-7-13-23-24-18-11-14-22-15-12-18;/h9-16H,7-8H2,1-6H3,(H,22,24);1H. The Morgan fingerprint density at radius 2 is 1.79 bits per heavy atom. The molecule has 154 valence electrons. The first-order chi connectivity index (χ1) is 12.7. The molecule has 0 amide bonds. The number of hydrogen-bond acceptors (Lipinski definition) is 5. The summed E-state index contributed by atoms with van der Waals surface area (Å²) >= 11 is 0. The molecule has 0 aliphatic rings. The highest BCUT2D eigenvalue weighted by atomic mass is 35.5. The maximum atomic E-state index is 6.41. The molecular weight excluding hydrogens is 390 g/mol. The van der Waals surface area contributed by atoms with E-state index in [1.54, 1.807) is 19.5 Å². The highest BCUT2D eigenvalue weighted by Gasteiger charge is 2.39. The van der Waals surface area contributed by atoms with Gasteiger partial charge >= 0.3 is 0 Å². The van der Waals surface area contributed by atoms with Crippen LogP contribution in [0.25, 0.3) is 0 Å². The van der Waals surface area contributed by atoms with E-state index in [2.05, 4.69) is 61.5 Å². The molecule has 0 radical (unpaired) electrons. The number of ether oxygens (including phenoxy) is 1. The Morgan fingerprint density at radius 3 is 2.39 bits per heavy atom. The summed E-state index contributed by atoms with van der Waals surface area (Å²) in [5.41, 5.74) is 5.12. The number of nitrogens with one attached hydrogen (secondary N) is 1. The monoisotopic (exact) mass is 421 g/mol. The molecule has 0 aliphatic carbocycles. The second kappa shape index (κ2) is 10.5. The molecule has 0 bridgehead atoms. The number of methoxy groups -OCH3 is 1. The number of nitrogens with zero attached hydrogens (tertiary/aromatic N) is 2. The highest BCUT2D eigenvalue weighted by molar-refractivity contribution is 6.74. The van der Waals surface area contributed by atoms with Crippen LogP contribution >= 0.6 is 12.4 Å². The van der Waals surface area contributed by atoms with Gasteiger partial charge in [0.1, 0.15) is 5.75 Å². The van der Waals surface area contributed by atoms with Crippen molar-refractivity contribution in [2.75, 3.05) is 12.5 Å². The summed E-state index contributed by atoms with van der Waals surface area (Å²) in [6.45, 7) is 11.2. The lowest BCUT2D eigenvalue weighted by atomic mass is 10.1. The van der Waals surface area contributed by atoms with E-state index in [0.717, 1.165) is 30.0 Å². The van der Waals surface area contributed by atoms with Gasteiger partial charge in [-0.1, -0.05) is 26.8 Å². The van der Waals surface area contributed by atoms with Gasteiger partial charge in [-0.15, -0.1) is 12.4 Å². The van der Waals surface area contributed by atoms with E-state index < -0.39 is 8.32 Å². The zero-order chi connectivity index (χ0) is 19.9. The number of hydrogen-bond donors (Lipinski definition) is 1. The molecule has 0 spiro atoms. The van der Waals surface area contributed by atoms with Crippen molar-refractivity contribution >= 4 is 32.6 Å². The van der Waals surface area contributed by atoms with Gasteiger partial charge < -0.3 is 9.16 Å². The smallest absolute Gasteiger partial charge is 0.250 e. The second-order valence-corrected chi connectivity index (χ2v) is 12.8. The molecule has 0 saturated heterocycles. The molecular formula is C21H32ClN3O2Si. The van der Waals surface area contributed by atoms with Crippen LogP contribution in [-0.4, -0.2) is 26.6 Å². The van der Waals surface area contributed by atoms with Crippen LogP contribution in [0.15, 0.2) is 47.8 Å². The molecule has 0 aliphatic heterocycles. The zero-order valence-corrected chi connectivity index (χ0v) is 19.5. The van der Waals surface area contributed by atoms with Gasteiger partial charge in [0.25, 0.3) is 8.32 Å². The molecule has 0 atom stereocenters. The van der Waals surface area contributed by atoms with Crippen LogP contribution in [0.5, 0.6) is 11.5 Å². The molecule has 0 saturated carbocycles. The Bertz CT molecular complexity index is 762. The average Bonchev–Trinajstić information content (AvgIpc) is 2.62. The molecule has 7 heteroatoms. The molecule has 1 heterocycles. The fourth-order valence-electron chi connectivity index (χ4n) is 2.22. The molecule has 2 aromatic rings.